The Labute approximate surface area is 217 Å². The van der Waals surface area contributed by atoms with Gasteiger partial charge in [-0.05, 0) is 71.9 Å². The molecule has 0 bridgehead atoms. The maximum atomic E-state index is 13.8. The summed E-state index contributed by atoms with van der Waals surface area (Å²) in [5, 5.41) is 5.92. The number of carbonyl (C=O) groups excluding carboxylic acids is 3. The first-order valence-corrected chi connectivity index (χ1v) is 13.6. The normalized spacial score (nSPS) is 16.1. The fourth-order valence-electron chi connectivity index (χ4n) is 4.80. The van der Waals surface area contributed by atoms with E-state index in [0.717, 1.165) is 61.6 Å². The predicted molar refractivity (Wildman–Crippen MR) is 144 cm³/mol. The number of hydrogen-bond donors (Lipinski definition) is 2. The minimum Gasteiger partial charge on any atom is -0.444 e. The third-order valence-corrected chi connectivity index (χ3v) is 6.62. The van der Waals surface area contributed by atoms with Crippen LogP contribution in [0.5, 0.6) is 0 Å². The van der Waals surface area contributed by atoms with Crippen molar-refractivity contribution in [2.75, 3.05) is 6.54 Å². The molecule has 2 rings (SSSR count). The van der Waals surface area contributed by atoms with Gasteiger partial charge >= 0.3 is 6.09 Å². The zero-order valence-electron chi connectivity index (χ0n) is 23.4. The van der Waals surface area contributed by atoms with Gasteiger partial charge in [-0.3, -0.25) is 9.59 Å². The molecule has 0 heterocycles. The Balaban J connectivity index is 2.39. The molecular formula is C29H47N3O4. The largest absolute Gasteiger partial charge is 0.444 e. The quantitative estimate of drug-likeness (QED) is 0.401. The Hall–Kier alpha value is -2.57. The van der Waals surface area contributed by atoms with E-state index >= 15 is 0 Å². The molecule has 1 aliphatic carbocycles. The average molecular weight is 502 g/mol. The maximum absolute atomic E-state index is 13.8. The standard InChI is InChI=1S/C29H47N3O4/c1-8-9-13-18-32(27(34)22(4)30-28(35)36-29(5,6)7)25(24-17-16-20(2)19-21(24)3)26(33)31-23-14-11-10-12-15-23/h16-17,19,22-23,25H,8-15,18H2,1-7H3,(H,30,35)(H,31,33). The molecule has 2 atom stereocenters. The van der Waals surface area contributed by atoms with E-state index in [4.69, 9.17) is 4.74 Å². The molecule has 0 saturated heterocycles. The third kappa shape index (κ3) is 9.14. The van der Waals surface area contributed by atoms with Gasteiger partial charge in [0.15, 0.2) is 0 Å². The molecule has 7 nitrogen and oxygen atoms in total. The van der Waals surface area contributed by atoms with Crippen LogP contribution in [-0.4, -0.2) is 47.0 Å². The number of nitrogens with zero attached hydrogens (tertiary/aromatic N) is 1. The van der Waals surface area contributed by atoms with E-state index in [1.807, 2.05) is 32.0 Å². The zero-order chi connectivity index (χ0) is 26.9. The highest BCUT2D eigenvalue weighted by atomic mass is 16.6. The number of amides is 3. The van der Waals surface area contributed by atoms with Crippen LogP contribution in [0.2, 0.25) is 0 Å². The summed E-state index contributed by atoms with van der Waals surface area (Å²) in [5.74, 6) is -0.441. The summed E-state index contributed by atoms with van der Waals surface area (Å²) in [4.78, 5) is 41.7. The first-order valence-electron chi connectivity index (χ1n) is 13.6. The van der Waals surface area contributed by atoms with Gasteiger partial charge in [0.25, 0.3) is 0 Å². The smallest absolute Gasteiger partial charge is 0.408 e. The van der Waals surface area contributed by atoms with Crippen LogP contribution in [0.15, 0.2) is 18.2 Å². The van der Waals surface area contributed by atoms with E-state index in [1.54, 1.807) is 32.6 Å². The van der Waals surface area contributed by atoms with Crippen molar-refractivity contribution in [1.82, 2.24) is 15.5 Å². The van der Waals surface area contributed by atoms with Gasteiger partial charge < -0.3 is 20.3 Å². The monoisotopic (exact) mass is 501 g/mol. The molecule has 36 heavy (non-hydrogen) atoms. The molecule has 1 saturated carbocycles. The lowest BCUT2D eigenvalue weighted by Gasteiger charge is -2.35. The summed E-state index contributed by atoms with van der Waals surface area (Å²) in [7, 11) is 0. The average Bonchev–Trinajstić information content (AvgIpc) is 2.78. The van der Waals surface area contributed by atoms with Gasteiger partial charge in [0.2, 0.25) is 11.8 Å². The van der Waals surface area contributed by atoms with Gasteiger partial charge in [-0.25, -0.2) is 4.79 Å². The molecule has 1 aromatic carbocycles. The van der Waals surface area contributed by atoms with E-state index in [0.29, 0.717) is 6.54 Å². The zero-order valence-corrected chi connectivity index (χ0v) is 23.4. The van der Waals surface area contributed by atoms with Gasteiger partial charge in [0, 0.05) is 12.6 Å². The van der Waals surface area contributed by atoms with Crippen molar-refractivity contribution >= 4 is 17.9 Å². The summed E-state index contributed by atoms with van der Waals surface area (Å²) in [6, 6.07) is 4.52. The van der Waals surface area contributed by atoms with Crippen molar-refractivity contribution in [3.05, 3.63) is 34.9 Å². The first-order chi connectivity index (χ1) is 16.9. The van der Waals surface area contributed by atoms with Crippen LogP contribution in [0.4, 0.5) is 4.79 Å². The van der Waals surface area contributed by atoms with Crippen LogP contribution >= 0.6 is 0 Å². The van der Waals surface area contributed by atoms with Crippen molar-refractivity contribution in [2.24, 2.45) is 0 Å². The van der Waals surface area contributed by atoms with E-state index < -0.39 is 23.8 Å². The molecular weight excluding hydrogens is 454 g/mol. The van der Waals surface area contributed by atoms with E-state index in [1.165, 1.54) is 6.42 Å². The second-order valence-corrected chi connectivity index (χ2v) is 11.2. The number of rotatable bonds is 10. The van der Waals surface area contributed by atoms with E-state index in [9.17, 15) is 14.4 Å². The first kappa shape index (κ1) is 29.7. The molecule has 1 fully saturated rings. The van der Waals surface area contributed by atoms with Gasteiger partial charge in [0.1, 0.15) is 17.7 Å². The Kier molecular flexibility index (Phi) is 11.3. The minimum absolute atomic E-state index is 0.129. The van der Waals surface area contributed by atoms with E-state index in [-0.39, 0.29) is 17.9 Å². The molecule has 2 N–H and O–H groups in total. The fraction of sp³-hybridized carbons (Fsp3) is 0.690. The Morgan fingerprint density at radius 2 is 1.75 bits per heavy atom. The highest BCUT2D eigenvalue weighted by Crippen LogP contribution is 2.28. The second-order valence-electron chi connectivity index (χ2n) is 11.2. The summed E-state index contributed by atoms with van der Waals surface area (Å²) in [6.45, 7) is 13.5. The van der Waals surface area contributed by atoms with Crippen LogP contribution in [0.25, 0.3) is 0 Å². The van der Waals surface area contributed by atoms with Crippen molar-refractivity contribution in [1.29, 1.82) is 0 Å². The lowest BCUT2D eigenvalue weighted by molar-refractivity contribution is -0.142. The van der Waals surface area contributed by atoms with Crippen LogP contribution in [0.1, 0.15) is 109 Å². The highest BCUT2D eigenvalue weighted by molar-refractivity contribution is 5.92. The van der Waals surface area contributed by atoms with Crippen LogP contribution in [0.3, 0.4) is 0 Å². The maximum Gasteiger partial charge on any atom is 0.408 e. The molecule has 1 aliphatic rings. The molecule has 0 radical (unpaired) electrons. The van der Waals surface area contributed by atoms with Gasteiger partial charge in [-0.1, -0.05) is 62.8 Å². The number of ether oxygens (including phenoxy) is 1. The number of unbranched alkanes of at least 4 members (excludes halogenated alkanes) is 2. The predicted octanol–water partition coefficient (Wildman–Crippen LogP) is 5.73. The summed E-state index contributed by atoms with van der Waals surface area (Å²) in [6.07, 6.45) is 7.41. The van der Waals surface area contributed by atoms with Gasteiger partial charge in [-0.15, -0.1) is 0 Å². The minimum atomic E-state index is -0.836. The Bertz CT molecular complexity index is 887. The number of hydrogen-bond acceptors (Lipinski definition) is 4. The highest BCUT2D eigenvalue weighted by Gasteiger charge is 2.36. The molecule has 0 aliphatic heterocycles. The molecule has 2 unspecified atom stereocenters. The number of aryl methyl sites for hydroxylation is 2. The van der Waals surface area contributed by atoms with Crippen molar-refractivity contribution < 1.29 is 19.1 Å². The van der Waals surface area contributed by atoms with Crippen molar-refractivity contribution in [2.45, 2.75) is 124 Å². The third-order valence-electron chi connectivity index (χ3n) is 6.62. The van der Waals surface area contributed by atoms with Crippen LogP contribution in [-0.2, 0) is 14.3 Å². The van der Waals surface area contributed by atoms with Crippen LogP contribution in [0, 0.1) is 13.8 Å². The summed E-state index contributed by atoms with van der Waals surface area (Å²) < 4.78 is 5.36. The molecule has 0 spiro atoms. The number of benzene rings is 1. The van der Waals surface area contributed by atoms with Gasteiger partial charge in [0.05, 0.1) is 0 Å². The Morgan fingerprint density at radius 3 is 2.33 bits per heavy atom. The van der Waals surface area contributed by atoms with Gasteiger partial charge in [-0.2, -0.15) is 0 Å². The second kappa shape index (κ2) is 13.7. The summed E-state index contributed by atoms with van der Waals surface area (Å²) >= 11 is 0. The molecule has 0 aromatic heterocycles. The molecule has 7 heteroatoms. The summed E-state index contributed by atoms with van der Waals surface area (Å²) in [5.41, 5.74) is 2.23. The Morgan fingerprint density at radius 1 is 1.08 bits per heavy atom. The van der Waals surface area contributed by atoms with Crippen molar-refractivity contribution in [3.63, 3.8) is 0 Å². The SMILES string of the molecule is CCCCCN(C(=O)C(C)NC(=O)OC(C)(C)C)C(C(=O)NC1CCCCC1)c1ccc(C)cc1C. The number of nitrogens with one attached hydrogen (secondary N) is 2. The molecule has 202 valence electrons. The topological polar surface area (TPSA) is 87.7 Å². The number of alkyl carbamates (subject to hydrolysis) is 1. The fourth-order valence-corrected chi connectivity index (χ4v) is 4.80. The molecule has 1 aromatic rings. The lowest BCUT2D eigenvalue weighted by atomic mass is 9.93. The number of carbonyl (C=O) groups is 3. The van der Waals surface area contributed by atoms with Crippen LogP contribution < -0.4 is 10.6 Å². The van der Waals surface area contributed by atoms with E-state index in [2.05, 4.69) is 17.6 Å². The van der Waals surface area contributed by atoms with Crippen molar-refractivity contribution in [3.8, 4) is 0 Å². The molecule has 3 amide bonds. The lowest BCUT2D eigenvalue weighted by Crippen LogP contribution is -2.53.